The number of halogens is 1. The molecule has 1 aromatic rings. The molecular formula is C14H20FN3O. The van der Waals surface area contributed by atoms with Gasteiger partial charge in [0.1, 0.15) is 11.4 Å². The van der Waals surface area contributed by atoms with Gasteiger partial charge >= 0.3 is 0 Å². The van der Waals surface area contributed by atoms with Crippen LogP contribution in [0.4, 0.5) is 4.39 Å². The number of amides is 1. The Labute approximate surface area is 112 Å². The second-order valence-electron chi connectivity index (χ2n) is 5.23. The molecule has 1 heterocycles. The number of benzene rings is 1. The van der Waals surface area contributed by atoms with Crippen LogP contribution in [0, 0.1) is 5.82 Å². The van der Waals surface area contributed by atoms with Crippen LogP contribution in [0.3, 0.4) is 0 Å². The summed E-state index contributed by atoms with van der Waals surface area (Å²) in [5.74, 6) is -0.590. The van der Waals surface area contributed by atoms with Crippen LogP contribution in [0.1, 0.15) is 18.4 Å². The van der Waals surface area contributed by atoms with Crippen molar-refractivity contribution in [3.8, 4) is 0 Å². The first-order valence-corrected chi connectivity index (χ1v) is 6.50. The molecule has 1 amide bonds. The lowest BCUT2D eigenvalue weighted by molar-refractivity contribution is -0.126. The van der Waals surface area contributed by atoms with Gasteiger partial charge in [0.2, 0.25) is 5.91 Å². The normalized spacial score (nSPS) is 19.3. The number of rotatable bonds is 4. The maximum absolute atomic E-state index is 13.1. The van der Waals surface area contributed by atoms with Gasteiger partial charge in [-0.2, -0.15) is 0 Å². The van der Waals surface area contributed by atoms with Crippen LogP contribution >= 0.6 is 0 Å². The summed E-state index contributed by atoms with van der Waals surface area (Å²) in [6.07, 6.45) is 1.38. The van der Waals surface area contributed by atoms with E-state index in [1.807, 2.05) is 13.1 Å². The third-order valence-corrected chi connectivity index (χ3v) is 3.83. The van der Waals surface area contributed by atoms with Gasteiger partial charge < -0.3 is 10.6 Å². The number of nitrogens with one attached hydrogen (secondary N) is 1. The largest absolute Gasteiger partial charge is 0.368 e. The summed E-state index contributed by atoms with van der Waals surface area (Å²) in [7, 11) is 2.03. The number of carbonyl (C=O) groups excluding carboxylic acids is 1. The van der Waals surface area contributed by atoms with Crippen molar-refractivity contribution in [2.75, 3.05) is 20.1 Å². The lowest BCUT2D eigenvalue weighted by Crippen LogP contribution is -2.60. The average molecular weight is 265 g/mol. The molecule has 1 fully saturated rings. The van der Waals surface area contributed by atoms with Crippen molar-refractivity contribution in [3.05, 3.63) is 35.6 Å². The number of nitrogens with two attached hydrogens (primary N) is 1. The van der Waals surface area contributed by atoms with Crippen LogP contribution in [0.2, 0.25) is 0 Å². The monoisotopic (exact) mass is 265 g/mol. The fraction of sp³-hybridized carbons (Fsp3) is 0.500. The van der Waals surface area contributed by atoms with E-state index in [1.54, 1.807) is 6.07 Å². The summed E-state index contributed by atoms with van der Waals surface area (Å²) in [5.41, 5.74) is 5.70. The van der Waals surface area contributed by atoms with Crippen molar-refractivity contribution < 1.29 is 9.18 Å². The zero-order valence-electron chi connectivity index (χ0n) is 11.2. The fourth-order valence-corrected chi connectivity index (χ4v) is 2.43. The molecule has 5 heteroatoms. The maximum atomic E-state index is 13.1. The lowest BCUT2D eigenvalue weighted by atomic mass is 9.86. The van der Waals surface area contributed by atoms with E-state index >= 15 is 0 Å². The summed E-state index contributed by atoms with van der Waals surface area (Å²) >= 11 is 0. The molecule has 3 N–H and O–H groups in total. The minimum absolute atomic E-state index is 0.268. The molecule has 0 spiro atoms. The van der Waals surface area contributed by atoms with Gasteiger partial charge in [0.15, 0.2) is 0 Å². The number of hydrogen-bond acceptors (Lipinski definition) is 3. The van der Waals surface area contributed by atoms with E-state index in [1.165, 1.54) is 12.1 Å². The molecule has 1 saturated heterocycles. The van der Waals surface area contributed by atoms with Crippen LogP contribution < -0.4 is 11.1 Å². The number of likely N-dealkylation sites (tertiary alicyclic amines) is 1. The topological polar surface area (TPSA) is 58.4 Å². The number of piperidine rings is 1. The molecule has 1 aliphatic rings. The maximum Gasteiger partial charge on any atom is 0.237 e. The van der Waals surface area contributed by atoms with E-state index in [4.69, 9.17) is 5.73 Å². The third kappa shape index (κ3) is 3.30. The number of hydrogen-bond donors (Lipinski definition) is 2. The van der Waals surface area contributed by atoms with Gasteiger partial charge in [-0.15, -0.1) is 0 Å². The second-order valence-corrected chi connectivity index (χ2v) is 5.23. The van der Waals surface area contributed by atoms with E-state index in [-0.39, 0.29) is 11.7 Å². The van der Waals surface area contributed by atoms with Crippen molar-refractivity contribution in [2.45, 2.75) is 24.9 Å². The Morgan fingerprint density at radius 1 is 1.47 bits per heavy atom. The molecule has 104 valence electrons. The standard InChI is InChI=1S/C14H20FN3O/c1-18-7-5-14(6-8-18,13(16)19)17-10-11-3-2-4-12(15)9-11/h2-4,9,17H,5-8,10H2,1H3,(H2,16,19). The molecular weight excluding hydrogens is 245 g/mol. The van der Waals surface area contributed by atoms with Gasteiger partial charge in [-0.25, -0.2) is 4.39 Å². The van der Waals surface area contributed by atoms with Gasteiger partial charge in [0.05, 0.1) is 0 Å². The summed E-state index contributed by atoms with van der Waals surface area (Å²) in [4.78, 5) is 13.9. The third-order valence-electron chi connectivity index (χ3n) is 3.83. The van der Waals surface area contributed by atoms with Gasteiger partial charge in [-0.1, -0.05) is 12.1 Å². The van der Waals surface area contributed by atoms with E-state index in [0.29, 0.717) is 19.4 Å². The Morgan fingerprint density at radius 2 is 2.16 bits per heavy atom. The highest BCUT2D eigenvalue weighted by Crippen LogP contribution is 2.22. The van der Waals surface area contributed by atoms with Gasteiger partial charge in [-0.05, 0) is 37.6 Å². The molecule has 0 unspecified atom stereocenters. The first-order valence-electron chi connectivity index (χ1n) is 6.50. The quantitative estimate of drug-likeness (QED) is 0.849. The molecule has 0 radical (unpaired) electrons. The van der Waals surface area contributed by atoms with Crippen molar-refractivity contribution in [1.29, 1.82) is 0 Å². The Morgan fingerprint density at radius 3 is 2.74 bits per heavy atom. The molecule has 0 saturated carbocycles. The summed E-state index contributed by atoms with van der Waals surface area (Å²) in [5, 5.41) is 3.23. The molecule has 0 atom stereocenters. The van der Waals surface area contributed by atoms with Crippen LogP contribution in [-0.4, -0.2) is 36.5 Å². The van der Waals surface area contributed by atoms with E-state index in [0.717, 1.165) is 18.7 Å². The van der Waals surface area contributed by atoms with Crippen molar-refractivity contribution in [1.82, 2.24) is 10.2 Å². The van der Waals surface area contributed by atoms with Gasteiger partial charge in [-0.3, -0.25) is 10.1 Å². The SMILES string of the molecule is CN1CCC(NCc2cccc(F)c2)(C(N)=O)CC1. The van der Waals surface area contributed by atoms with Gasteiger partial charge in [0, 0.05) is 19.6 Å². The molecule has 1 aliphatic heterocycles. The minimum atomic E-state index is -0.668. The smallest absolute Gasteiger partial charge is 0.237 e. The van der Waals surface area contributed by atoms with Crippen LogP contribution in [0.5, 0.6) is 0 Å². The van der Waals surface area contributed by atoms with Crippen molar-refractivity contribution >= 4 is 5.91 Å². The van der Waals surface area contributed by atoms with E-state index in [2.05, 4.69) is 10.2 Å². The highest BCUT2D eigenvalue weighted by atomic mass is 19.1. The highest BCUT2D eigenvalue weighted by Gasteiger charge is 2.38. The molecule has 1 aromatic carbocycles. The van der Waals surface area contributed by atoms with E-state index < -0.39 is 5.54 Å². The summed E-state index contributed by atoms with van der Waals surface area (Å²) in [6.45, 7) is 2.11. The molecule has 0 aliphatic carbocycles. The van der Waals surface area contributed by atoms with Gasteiger partial charge in [0.25, 0.3) is 0 Å². The zero-order chi connectivity index (χ0) is 13.9. The Bertz CT molecular complexity index is 456. The Balaban J connectivity index is 2.04. The lowest BCUT2D eigenvalue weighted by Gasteiger charge is -2.39. The van der Waals surface area contributed by atoms with Crippen LogP contribution in [-0.2, 0) is 11.3 Å². The number of carbonyl (C=O) groups is 1. The summed E-state index contributed by atoms with van der Waals surface area (Å²) in [6, 6.07) is 6.37. The highest BCUT2D eigenvalue weighted by molar-refractivity contribution is 5.84. The molecule has 2 rings (SSSR count). The summed E-state index contributed by atoms with van der Waals surface area (Å²) < 4.78 is 13.1. The Kier molecular flexibility index (Phi) is 4.17. The van der Waals surface area contributed by atoms with Crippen LogP contribution in [0.15, 0.2) is 24.3 Å². The van der Waals surface area contributed by atoms with Crippen molar-refractivity contribution in [3.63, 3.8) is 0 Å². The molecule has 4 nitrogen and oxygen atoms in total. The molecule has 0 bridgehead atoms. The van der Waals surface area contributed by atoms with E-state index in [9.17, 15) is 9.18 Å². The first kappa shape index (κ1) is 14.0. The predicted molar refractivity (Wildman–Crippen MR) is 71.9 cm³/mol. The molecule has 0 aromatic heterocycles. The molecule has 19 heavy (non-hydrogen) atoms. The van der Waals surface area contributed by atoms with Crippen LogP contribution in [0.25, 0.3) is 0 Å². The zero-order valence-corrected chi connectivity index (χ0v) is 11.2. The fourth-order valence-electron chi connectivity index (χ4n) is 2.43. The first-order chi connectivity index (χ1) is 9.02. The minimum Gasteiger partial charge on any atom is -0.368 e. The predicted octanol–water partition coefficient (Wildman–Crippen LogP) is 0.865. The second kappa shape index (κ2) is 5.67. The number of primary amides is 1. The average Bonchev–Trinajstić information content (AvgIpc) is 2.38. The van der Waals surface area contributed by atoms with Crippen molar-refractivity contribution in [2.24, 2.45) is 5.73 Å². The Hall–Kier alpha value is -1.46. The number of nitrogens with zero attached hydrogens (tertiary/aromatic N) is 1.